The second-order valence-corrected chi connectivity index (χ2v) is 8.50. The zero-order valence-corrected chi connectivity index (χ0v) is 18.3. The molecule has 160 valence electrons. The molecule has 1 aromatic carbocycles. The van der Waals surface area contributed by atoms with Gasteiger partial charge in [-0.3, -0.25) is 14.3 Å². The van der Waals surface area contributed by atoms with Gasteiger partial charge in [-0.05, 0) is 50.5 Å². The van der Waals surface area contributed by atoms with Gasteiger partial charge in [-0.1, -0.05) is 23.2 Å². The summed E-state index contributed by atoms with van der Waals surface area (Å²) in [6.45, 7) is 4.43. The molecule has 4 rings (SSSR count). The molecule has 2 amide bonds. The number of ether oxygens (including phenoxy) is 1. The molecule has 2 aromatic rings. The van der Waals surface area contributed by atoms with Crippen molar-refractivity contribution in [2.45, 2.75) is 38.8 Å². The van der Waals surface area contributed by atoms with E-state index in [1.54, 1.807) is 34.9 Å². The van der Waals surface area contributed by atoms with E-state index in [1.165, 1.54) is 0 Å². The first kappa shape index (κ1) is 21.0. The Morgan fingerprint density at radius 3 is 2.47 bits per heavy atom. The molecule has 1 unspecified atom stereocenters. The lowest BCUT2D eigenvalue weighted by atomic mass is 10.1. The summed E-state index contributed by atoms with van der Waals surface area (Å²) in [6, 6.07) is 6.80. The first-order valence-corrected chi connectivity index (χ1v) is 10.9. The molecule has 2 aliphatic rings. The Morgan fingerprint density at radius 2 is 1.77 bits per heavy atom. The fourth-order valence-electron chi connectivity index (χ4n) is 3.88. The van der Waals surface area contributed by atoms with Crippen molar-refractivity contribution in [2.75, 3.05) is 26.2 Å². The second kappa shape index (κ2) is 8.86. The summed E-state index contributed by atoms with van der Waals surface area (Å²) in [7, 11) is 0. The summed E-state index contributed by atoms with van der Waals surface area (Å²) in [4.78, 5) is 29.1. The lowest BCUT2D eigenvalue weighted by Gasteiger charge is -2.35. The normalized spacial score (nSPS) is 17.4. The average molecular weight is 451 g/mol. The predicted octanol–water partition coefficient (Wildman–Crippen LogP) is 3.28. The third-order valence-electron chi connectivity index (χ3n) is 5.56. The molecule has 1 aromatic heterocycles. The van der Waals surface area contributed by atoms with Crippen LogP contribution in [0.3, 0.4) is 0 Å². The first-order valence-electron chi connectivity index (χ1n) is 10.2. The SMILES string of the molecule is CC(Oc1ccc(Cl)cc1Cl)C(=O)N1CCN(C(=O)c2cc3n(n2)CCCC3)CC1. The molecule has 0 aliphatic carbocycles. The third kappa shape index (κ3) is 4.42. The zero-order chi connectivity index (χ0) is 21.3. The van der Waals surface area contributed by atoms with Crippen molar-refractivity contribution in [2.24, 2.45) is 0 Å². The number of fused-ring (bicyclic) bond motifs is 1. The molecule has 1 atom stereocenters. The van der Waals surface area contributed by atoms with E-state index in [-0.39, 0.29) is 11.8 Å². The van der Waals surface area contributed by atoms with Crippen LogP contribution in [0.4, 0.5) is 0 Å². The molecule has 0 N–H and O–H groups in total. The fraction of sp³-hybridized carbons (Fsp3) is 0.476. The lowest BCUT2D eigenvalue weighted by Crippen LogP contribution is -2.53. The summed E-state index contributed by atoms with van der Waals surface area (Å²) in [6.07, 6.45) is 2.52. The van der Waals surface area contributed by atoms with Gasteiger partial charge in [-0.2, -0.15) is 5.10 Å². The molecule has 9 heteroatoms. The van der Waals surface area contributed by atoms with Crippen LogP contribution >= 0.6 is 23.2 Å². The summed E-state index contributed by atoms with van der Waals surface area (Å²) in [5.41, 5.74) is 1.63. The molecule has 0 radical (unpaired) electrons. The number of amides is 2. The molecular weight excluding hydrogens is 427 g/mol. The Balaban J connectivity index is 1.32. The third-order valence-corrected chi connectivity index (χ3v) is 6.09. The van der Waals surface area contributed by atoms with Gasteiger partial charge in [0.05, 0.1) is 5.02 Å². The molecule has 1 fully saturated rings. The Hall–Kier alpha value is -2.25. The first-order chi connectivity index (χ1) is 14.4. The Labute approximate surface area is 185 Å². The molecule has 2 aliphatic heterocycles. The Morgan fingerprint density at radius 1 is 1.03 bits per heavy atom. The van der Waals surface area contributed by atoms with Gasteiger partial charge in [0.25, 0.3) is 11.8 Å². The van der Waals surface area contributed by atoms with Crippen LogP contribution < -0.4 is 4.74 Å². The van der Waals surface area contributed by atoms with Gasteiger partial charge in [-0.15, -0.1) is 0 Å². The van der Waals surface area contributed by atoms with Crippen LogP contribution in [0, 0.1) is 0 Å². The number of carbonyl (C=O) groups is 2. The monoisotopic (exact) mass is 450 g/mol. The highest BCUT2D eigenvalue weighted by Gasteiger charge is 2.30. The highest BCUT2D eigenvalue weighted by atomic mass is 35.5. The van der Waals surface area contributed by atoms with Crippen molar-refractivity contribution < 1.29 is 14.3 Å². The fourth-order valence-corrected chi connectivity index (χ4v) is 4.34. The molecule has 30 heavy (non-hydrogen) atoms. The standard InChI is InChI=1S/C21H24Cl2N4O3/c1-14(30-19-6-5-15(22)12-17(19)23)20(28)25-8-10-26(11-9-25)21(29)18-13-16-4-2-3-7-27(16)24-18/h5-6,12-14H,2-4,7-11H2,1H3. The Kier molecular flexibility index (Phi) is 6.20. The van der Waals surface area contributed by atoms with E-state index < -0.39 is 6.10 Å². The minimum absolute atomic E-state index is 0.0683. The molecule has 0 spiro atoms. The van der Waals surface area contributed by atoms with Crippen molar-refractivity contribution in [1.82, 2.24) is 19.6 Å². The van der Waals surface area contributed by atoms with E-state index in [1.807, 2.05) is 10.7 Å². The van der Waals surface area contributed by atoms with Gasteiger partial charge in [0.2, 0.25) is 0 Å². The minimum Gasteiger partial charge on any atom is -0.479 e. The van der Waals surface area contributed by atoms with Crippen LogP contribution in [-0.4, -0.2) is 63.7 Å². The zero-order valence-electron chi connectivity index (χ0n) is 16.8. The highest BCUT2D eigenvalue weighted by molar-refractivity contribution is 6.35. The van der Waals surface area contributed by atoms with E-state index in [9.17, 15) is 9.59 Å². The van der Waals surface area contributed by atoms with Gasteiger partial charge in [0.15, 0.2) is 11.8 Å². The van der Waals surface area contributed by atoms with Crippen molar-refractivity contribution in [3.63, 3.8) is 0 Å². The van der Waals surface area contributed by atoms with Crippen LogP contribution in [0.25, 0.3) is 0 Å². The van der Waals surface area contributed by atoms with E-state index in [4.69, 9.17) is 27.9 Å². The van der Waals surface area contributed by atoms with Crippen molar-refractivity contribution in [3.05, 3.63) is 45.7 Å². The van der Waals surface area contributed by atoms with E-state index >= 15 is 0 Å². The average Bonchev–Trinajstić information content (AvgIpc) is 3.19. The summed E-state index contributed by atoms with van der Waals surface area (Å²) in [5, 5.41) is 5.34. The summed E-state index contributed by atoms with van der Waals surface area (Å²) >= 11 is 12.0. The maximum atomic E-state index is 12.8. The largest absolute Gasteiger partial charge is 0.479 e. The Bertz CT molecular complexity index is 930. The van der Waals surface area contributed by atoms with Gasteiger partial charge >= 0.3 is 0 Å². The van der Waals surface area contributed by atoms with Crippen LogP contribution in [0.2, 0.25) is 10.0 Å². The quantitative estimate of drug-likeness (QED) is 0.716. The van der Waals surface area contributed by atoms with Gasteiger partial charge in [0, 0.05) is 43.4 Å². The molecule has 0 saturated carbocycles. The molecule has 7 nitrogen and oxygen atoms in total. The number of hydrogen-bond acceptors (Lipinski definition) is 4. The smallest absolute Gasteiger partial charge is 0.274 e. The van der Waals surface area contributed by atoms with Crippen LogP contribution in [0.15, 0.2) is 24.3 Å². The second-order valence-electron chi connectivity index (χ2n) is 7.65. The maximum Gasteiger partial charge on any atom is 0.274 e. The number of piperazine rings is 1. The maximum absolute atomic E-state index is 12.8. The predicted molar refractivity (Wildman–Crippen MR) is 114 cm³/mol. The number of carbonyl (C=O) groups excluding carboxylic acids is 2. The highest BCUT2D eigenvalue weighted by Crippen LogP contribution is 2.28. The van der Waals surface area contributed by atoms with E-state index in [2.05, 4.69) is 5.10 Å². The summed E-state index contributed by atoms with van der Waals surface area (Å²) < 4.78 is 7.67. The van der Waals surface area contributed by atoms with Crippen LogP contribution in [-0.2, 0) is 17.8 Å². The number of hydrogen-bond donors (Lipinski definition) is 0. The number of halogens is 2. The number of nitrogens with zero attached hydrogens (tertiary/aromatic N) is 4. The minimum atomic E-state index is -0.689. The number of aryl methyl sites for hydroxylation is 2. The van der Waals surface area contributed by atoms with Gasteiger partial charge in [-0.25, -0.2) is 0 Å². The topological polar surface area (TPSA) is 67.7 Å². The number of rotatable bonds is 4. The van der Waals surface area contributed by atoms with E-state index in [0.717, 1.165) is 31.5 Å². The molecule has 0 bridgehead atoms. The number of benzene rings is 1. The molecule has 1 saturated heterocycles. The van der Waals surface area contributed by atoms with Gasteiger partial charge < -0.3 is 14.5 Å². The van der Waals surface area contributed by atoms with Crippen molar-refractivity contribution in [1.29, 1.82) is 0 Å². The van der Waals surface area contributed by atoms with Gasteiger partial charge in [0.1, 0.15) is 5.75 Å². The molecule has 3 heterocycles. The van der Waals surface area contributed by atoms with Crippen LogP contribution in [0.1, 0.15) is 35.9 Å². The number of aromatic nitrogens is 2. The summed E-state index contributed by atoms with van der Waals surface area (Å²) in [5.74, 6) is 0.214. The van der Waals surface area contributed by atoms with Crippen LogP contribution in [0.5, 0.6) is 5.75 Å². The van der Waals surface area contributed by atoms with Crippen molar-refractivity contribution in [3.8, 4) is 5.75 Å². The van der Waals surface area contributed by atoms with E-state index in [0.29, 0.717) is 47.7 Å². The lowest BCUT2D eigenvalue weighted by molar-refractivity contribution is -0.139. The van der Waals surface area contributed by atoms with Crippen molar-refractivity contribution >= 4 is 35.0 Å². The molecular formula is C21H24Cl2N4O3.